The van der Waals surface area contributed by atoms with E-state index in [9.17, 15) is 28.8 Å². The van der Waals surface area contributed by atoms with Crippen molar-refractivity contribution in [3.05, 3.63) is 0 Å². The van der Waals surface area contributed by atoms with Crippen molar-refractivity contribution in [2.75, 3.05) is 65.8 Å². The van der Waals surface area contributed by atoms with E-state index in [1.807, 2.05) is 0 Å². The topological polar surface area (TPSA) is 173 Å². The first kappa shape index (κ1) is 63.8. The molecule has 0 bridgehead atoms. The molecule has 1 aliphatic heterocycles. The first-order valence-corrected chi connectivity index (χ1v) is 27.7. The van der Waals surface area contributed by atoms with Crippen molar-refractivity contribution >= 4 is 35.8 Å². The number of nitrogens with zero attached hydrogens (tertiary/aromatic N) is 1. The molecule has 0 saturated carbocycles. The normalized spacial score (nSPS) is 14.3. The molecule has 402 valence electrons. The Morgan fingerprint density at radius 2 is 0.957 bits per heavy atom. The second kappa shape index (κ2) is 42.4. The Balaban J connectivity index is 2.83. The van der Waals surface area contributed by atoms with Crippen molar-refractivity contribution in [2.45, 2.75) is 234 Å². The van der Waals surface area contributed by atoms with Crippen LogP contribution in [0.25, 0.3) is 0 Å². The summed E-state index contributed by atoms with van der Waals surface area (Å²) in [6.45, 7) is 15.8. The van der Waals surface area contributed by atoms with Crippen LogP contribution in [0.1, 0.15) is 228 Å². The van der Waals surface area contributed by atoms with Crippen molar-refractivity contribution in [3.63, 3.8) is 0 Å². The van der Waals surface area contributed by atoms with Crippen LogP contribution in [0.2, 0.25) is 0 Å². The zero-order chi connectivity index (χ0) is 50.8. The summed E-state index contributed by atoms with van der Waals surface area (Å²) in [4.78, 5) is 80.3. The monoisotopic (exact) mass is 981 g/mol. The molecule has 2 unspecified atom stereocenters. The van der Waals surface area contributed by atoms with E-state index >= 15 is 0 Å². The van der Waals surface area contributed by atoms with Crippen LogP contribution >= 0.6 is 0 Å². The molecule has 1 fully saturated rings. The van der Waals surface area contributed by atoms with Gasteiger partial charge in [0.1, 0.15) is 19.6 Å². The summed E-state index contributed by atoms with van der Waals surface area (Å²) in [6, 6.07) is 0. The maximum absolute atomic E-state index is 13.7. The van der Waals surface area contributed by atoms with Gasteiger partial charge in [-0.25, -0.2) is 0 Å². The predicted molar refractivity (Wildman–Crippen MR) is 271 cm³/mol. The van der Waals surface area contributed by atoms with Gasteiger partial charge in [0, 0.05) is 44.4 Å². The molecule has 0 aliphatic carbocycles. The molecular weight excluding hydrogens is 881 g/mol. The van der Waals surface area contributed by atoms with Gasteiger partial charge in [0.15, 0.2) is 6.10 Å². The van der Waals surface area contributed by atoms with Gasteiger partial charge in [-0.2, -0.15) is 0 Å². The summed E-state index contributed by atoms with van der Waals surface area (Å²) in [5.41, 5.74) is -1.25. The zero-order valence-corrected chi connectivity index (χ0v) is 44.7. The molecule has 1 saturated heterocycles. The molecule has 3 atom stereocenters. The predicted octanol–water partition coefficient (Wildman–Crippen LogP) is 11.2. The minimum Gasteiger partial charge on any atom is -0.465 e. The van der Waals surface area contributed by atoms with E-state index in [-0.39, 0.29) is 63.9 Å². The minimum absolute atomic E-state index is 0.0228. The van der Waals surface area contributed by atoms with Gasteiger partial charge in [-0.05, 0) is 43.9 Å². The minimum atomic E-state index is -1.43. The highest BCUT2D eigenvalue weighted by Crippen LogP contribution is 2.26. The summed E-state index contributed by atoms with van der Waals surface area (Å²) < 4.78 is 33.3. The van der Waals surface area contributed by atoms with Gasteiger partial charge in [-0.1, -0.05) is 170 Å². The Labute approximate surface area is 418 Å². The van der Waals surface area contributed by atoms with Gasteiger partial charge in [-0.15, -0.1) is 0 Å². The van der Waals surface area contributed by atoms with E-state index in [0.29, 0.717) is 32.3 Å². The molecule has 14 nitrogen and oxygen atoms in total. The highest BCUT2D eigenvalue weighted by atomic mass is 16.6. The smallest absolute Gasteiger partial charge is 0.317 e. The Hall–Kier alpha value is -3.26. The number of amides is 1. The highest BCUT2D eigenvalue weighted by Gasteiger charge is 2.40. The molecule has 1 N–H and O–H groups in total. The van der Waals surface area contributed by atoms with Crippen LogP contribution in [0, 0.1) is 17.3 Å². The number of morpholine rings is 1. The van der Waals surface area contributed by atoms with Crippen LogP contribution in [0.5, 0.6) is 0 Å². The van der Waals surface area contributed by atoms with E-state index in [1.165, 1.54) is 83.5 Å². The van der Waals surface area contributed by atoms with Gasteiger partial charge >= 0.3 is 29.8 Å². The second-order valence-electron chi connectivity index (χ2n) is 20.2. The zero-order valence-electron chi connectivity index (χ0n) is 44.7. The van der Waals surface area contributed by atoms with E-state index in [1.54, 1.807) is 13.8 Å². The molecule has 0 aromatic heterocycles. The number of hydrogen-bond donors (Lipinski definition) is 1. The molecular formula is C55H100N2O12. The number of hydrogen-bond acceptors (Lipinski definition) is 13. The largest absolute Gasteiger partial charge is 0.465 e. The van der Waals surface area contributed by atoms with Crippen LogP contribution in [0.15, 0.2) is 0 Å². The van der Waals surface area contributed by atoms with Crippen molar-refractivity contribution in [1.29, 1.82) is 0 Å². The van der Waals surface area contributed by atoms with Crippen LogP contribution in [-0.2, 0) is 57.2 Å². The Kier molecular flexibility index (Phi) is 39.2. The lowest BCUT2D eigenvalue weighted by Crippen LogP contribution is -2.49. The van der Waals surface area contributed by atoms with E-state index < -0.39 is 47.7 Å². The van der Waals surface area contributed by atoms with Crippen LogP contribution in [-0.4, -0.2) is 113 Å². The fraction of sp³-hybridized carbons (Fsp3) is 0.891. The average Bonchev–Trinajstić information content (AvgIpc) is 3.33. The van der Waals surface area contributed by atoms with E-state index in [2.05, 4.69) is 37.9 Å². The van der Waals surface area contributed by atoms with Gasteiger partial charge in [0.2, 0.25) is 0 Å². The summed E-state index contributed by atoms with van der Waals surface area (Å²) >= 11 is 0. The van der Waals surface area contributed by atoms with Gasteiger partial charge in [0.05, 0.1) is 32.8 Å². The SMILES string of the molecule is CCCCCCCCC(CCCCCC)COC(=O)CCCC(=O)O[C@@H](C(=O)NCCC(=O)OCCN1CCOCC1)C(C)(C)COC(=O)CC(=O)OCC(CCCCCC)CCCCCCCC. The van der Waals surface area contributed by atoms with Gasteiger partial charge < -0.3 is 33.7 Å². The quantitative estimate of drug-likeness (QED) is 0.0265. The van der Waals surface area contributed by atoms with Crippen molar-refractivity contribution in [3.8, 4) is 0 Å². The summed E-state index contributed by atoms with van der Waals surface area (Å²) in [7, 11) is 0. The summed E-state index contributed by atoms with van der Waals surface area (Å²) in [5.74, 6) is -3.19. The fourth-order valence-electron chi connectivity index (χ4n) is 8.53. The third-order valence-corrected chi connectivity index (χ3v) is 13.1. The molecule has 1 heterocycles. The lowest BCUT2D eigenvalue weighted by atomic mass is 9.86. The molecule has 14 heteroatoms. The Morgan fingerprint density at radius 3 is 1.48 bits per heavy atom. The van der Waals surface area contributed by atoms with Gasteiger partial charge in [0.25, 0.3) is 5.91 Å². The number of ether oxygens (including phenoxy) is 6. The van der Waals surface area contributed by atoms with Crippen LogP contribution in [0.4, 0.5) is 0 Å². The van der Waals surface area contributed by atoms with Crippen molar-refractivity contribution in [2.24, 2.45) is 17.3 Å². The lowest BCUT2D eigenvalue weighted by molar-refractivity contribution is -0.170. The summed E-state index contributed by atoms with van der Waals surface area (Å²) in [5, 5.41) is 2.68. The van der Waals surface area contributed by atoms with E-state index in [0.717, 1.165) is 83.7 Å². The molecule has 0 radical (unpaired) electrons. The third-order valence-electron chi connectivity index (χ3n) is 13.1. The molecule has 1 aliphatic rings. The fourth-order valence-corrected chi connectivity index (χ4v) is 8.53. The molecule has 0 spiro atoms. The maximum atomic E-state index is 13.7. The van der Waals surface area contributed by atoms with Crippen LogP contribution in [0.3, 0.4) is 0 Å². The van der Waals surface area contributed by atoms with Gasteiger partial charge in [-0.3, -0.25) is 33.7 Å². The average molecular weight is 981 g/mol. The Bertz CT molecular complexity index is 1350. The molecule has 69 heavy (non-hydrogen) atoms. The molecule has 1 amide bonds. The number of rotatable bonds is 45. The van der Waals surface area contributed by atoms with E-state index in [4.69, 9.17) is 28.4 Å². The number of carbonyl (C=O) groups is 6. The van der Waals surface area contributed by atoms with Crippen molar-refractivity contribution in [1.82, 2.24) is 10.2 Å². The number of nitrogens with one attached hydrogen (secondary N) is 1. The highest BCUT2D eigenvalue weighted by molar-refractivity contribution is 5.91. The summed E-state index contributed by atoms with van der Waals surface area (Å²) in [6.07, 6.45) is 25.6. The molecule has 0 aromatic carbocycles. The second-order valence-corrected chi connectivity index (χ2v) is 20.2. The van der Waals surface area contributed by atoms with Crippen LogP contribution < -0.4 is 5.32 Å². The molecule has 1 rings (SSSR count). The Morgan fingerprint density at radius 1 is 0.522 bits per heavy atom. The lowest BCUT2D eigenvalue weighted by Gasteiger charge is -2.32. The number of carbonyl (C=O) groups excluding carboxylic acids is 6. The number of unbranched alkanes of at least 4 members (excludes halogenated alkanes) is 16. The van der Waals surface area contributed by atoms with Crippen molar-refractivity contribution < 1.29 is 57.2 Å². The first-order valence-electron chi connectivity index (χ1n) is 27.7. The number of esters is 5. The third kappa shape index (κ3) is 35.5. The standard InChI is InChI=1S/C55H100N2O12/c1-7-11-15-19-21-25-30-46(28-23-17-13-9-3)43-66-48(58)32-27-33-50(60)69-53(54(63)56-35-34-49(59)65-41-38-57-36-39-64-40-37-57)55(5,6)45-68-52(62)42-51(61)67-44-47(29-24-18-14-10-4)31-26-22-20-16-12-8-2/h46-47,53H,7-45H2,1-6H3,(H,56,63)/t46?,47?,53-/m0/s1. The first-order chi connectivity index (χ1) is 33.3. The molecule has 0 aromatic rings. The maximum Gasteiger partial charge on any atom is 0.317 e.